The fourth-order valence-electron chi connectivity index (χ4n) is 1.47. The second kappa shape index (κ2) is 3.82. The third kappa shape index (κ3) is 1.95. The third-order valence-corrected chi connectivity index (χ3v) is 2.37. The standard InChI is InChI=1S/C12H17NO/c1-12(2,9-14)10-7-5-6-8-11(10)13(3)4/h5-9H,1-4H3. The van der Waals surface area contributed by atoms with E-state index in [9.17, 15) is 4.79 Å². The molecule has 0 bridgehead atoms. The van der Waals surface area contributed by atoms with E-state index in [4.69, 9.17) is 0 Å². The van der Waals surface area contributed by atoms with Crippen LogP contribution in [0.5, 0.6) is 0 Å². The molecule has 0 amide bonds. The predicted octanol–water partition coefficient (Wildman–Crippen LogP) is 2.23. The molecular formula is C12H17NO. The van der Waals surface area contributed by atoms with Crippen molar-refractivity contribution < 1.29 is 4.79 Å². The minimum atomic E-state index is -0.416. The quantitative estimate of drug-likeness (QED) is 0.683. The number of rotatable bonds is 3. The highest BCUT2D eigenvalue weighted by molar-refractivity contribution is 5.72. The minimum absolute atomic E-state index is 0.416. The zero-order valence-electron chi connectivity index (χ0n) is 9.24. The van der Waals surface area contributed by atoms with E-state index in [2.05, 4.69) is 0 Å². The maximum atomic E-state index is 11.0. The largest absolute Gasteiger partial charge is 0.377 e. The molecule has 0 heterocycles. The summed E-state index contributed by atoms with van der Waals surface area (Å²) < 4.78 is 0. The molecule has 0 saturated heterocycles. The van der Waals surface area contributed by atoms with Crippen LogP contribution in [0.2, 0.25) is 0 Å². The first-order valence-electron chi connectivity index (χ1n) is 4.72. The maximum absolute atomic E-state index is 11.0. The Hall–Kier alpha value is -1.31. The van der Waals surface area contributed by atoms with Gasteiger partial charge in [0.05, 0.1) is 0 Å². The zero-order chi connectivity index (χ0) is 10.8. The summed E-state index contributed by atoms with van der Waals surface area (Å²) in [5.41, 5.74) is 1.76. The zero-order valence-corrected chi connectivity index (χ0v) is 9.24. The molecule has 14 heavy (non-hydrogen) atoms. The second-order valence-corrected chi connectivity index (χ2v) is 4.25. The number of benzene rings is 1. The summed E-state index contributed by atoms with van der Waals surface area (Å²) in [5, 5.41) is 0. The van der Waals surface area contributed by atoms with Crippen LogP contribution in [0.4, 0.5) is 5.69 Å². The van der Waals surface area contributed by atoms with Crippen molar-refractivity contribution in [3.05, 3.63) is 29.8 Å². The van der Waals surface area contributed by atoms with Gasteiger partial charge in [-0.1, -0.05) is 18.2 Å². The summed E-state index contributed by atoms with van der Waals surface area (Å²) in [4.78, 5) is 13.0. The van der Waals surface area contributed by atoms with Gasteiger partial charge < -0.3 is 9.69 Å². The molecule has 1 aromatic rings. The summed E-state index contributed by atoms with van der Waals surface area (Å²) in [7, 11) is 3.97. The van der Waals surface area contributed by atoms with Gasteiger partial charge in [0.1, 0.15) is 6.29 Å². The van der Waals surface area contributed by atoms with E-state index >= 15 is 0 Å². The Morgan fingerprint density at radius 3 is 2.29 bits per heavy atom. The lowest BCUT2D eigenvalue weighted by molar-refractivity contribution is -0.111. The molecule has 2 nitrogen and oxygen atoms in total. The lowest BCUT2D eigenvalue weighted by Crippen LogP contribution is -2.23. The molecule has 0 N–H and O–H groups in total. The molecule has 0 unspecified atom stereocenters. The molecule has 1 rings (SSSR count). The van der Waals surface area contributed by atoms with Gasteiger partial charge in [0.2, 0.25) is 0 Å². The first-order chi connectivity index (χ1) is 6.49. The number of hydrogen-bond acceptors (Lipinski definition) is 2. The van der Waals surface area contributed by atoms with E-state index < -0.39 is 5.41 Å². The SMILES string of the molecule is CN(C)c1ccccc1C(C)(C)C=O. The first-order valence-corrected chi connectivity index (χ1v) is 4.72. The van der Waals surface area contributed by atoms with Crippen molar-refractivity contribution in [3.8, 4) is 0 Å². The van der Waals surface area contributed by atoms with Crippen molar-refractivity contribution in [2.75, 3.05) is 19.0 Å². The van der Waals surface area contributed by atoms with Gasteiger partial charge in [-0.2, -0.15) is 0 Å². The van der Waals surface area contributed by atoms with E-state index in [0.717, 1.165) is 17.5 Å². The average Bonchev–Trinajstić information content (AvgIpc) is 2.18. The summed E-state index contributed by atoms with van der Waals surface area (Å²) >= 11 is 0. The van der Waals surface area contributed by atoms with Crippen LogP contribution in [0.15, 0.2) is 24.3 Å². The molecule has 0 aliphatic rings. The van der Waals surface area contributed by atoms with Gasteiger partial charge in [-0.05, 0) is 25.5 Å². The Balaban J connectivity index is 3.26. The van der Waals surface area contributed by atoms with Crippen LogP contribution >= 0.6 is 0 Å². The molecule has 0 fully saturated rings. The first kappa shape index (κ1) is 10.8. The van der Waals surface area contributed by atoms with E-state index in [1.807, 2.05) is 57.1 Å². The van der Waals surface area contributed by atoms with E-state index in [0.29, 0.717) is 0 Å². The van der Waals surface area contributed by atoms with E-state index in [1.165, 1.54) is 0 Å². The van der Waals surface area contributed by atoms with Gasteiger partial charge in [-0.25, -0.2) is 0 Å². The highest BCUT2D eigenvalue weighted by Gasteiger charge is 2.22. The summed E-state index contributed by atoms with van der Waals surface area (Å²) in [6.07, 6.45) is 0.995. The van der Waals surface area contributed by atoms with Gasteiger partial charge in [0.25, 0.3) is 0 Å². The van der Waals surface area contributed by atoms with Crippen LogP contribution in [0, 0.1) is 0 Å². The molecule has 0 saturated carbocycles. The lowest BCUT2D eigenvalue weighted by atomic mass is 9.85. The number of para-hydroxylation sites is 1. The van der Waals surface area contributed by atoms with Gasteiger partial charge in [-0.3, -0.25) is 0 Å². The van der Waals surface area contributed by atoms with Crippen LogP contribution in [0.3, 0.4) is 0 Å². The number of carbonyl (C=O) groups is 1. The highest BCUT2D eigenvalue weighted by atomic mass is 16.1. The maximum Gasteiger partial charge on any atom is 0.130 e. The van der Waals surface area contributed by atoms with Crippen molar-refractivity contribution >= 4 is 12.0 Å². The Morgan fingerprint density at radius 2 is 1.79 bits per heavy atom. The number of aldehydes is 1. The smallest absolute Gasteiger partial charge is 0.130 e. The van der Waals surface area contributed by atoms with Crippen LogP contribution in [-0.2, 0) is 10.2 Å². The Labute approximate surface area is 85.5 Å². The second-order valence-electron chi connectivity index (χ2n) is 4.25. The molecule has 0 radical (unpaired) electrons. The van der Waals surface area contributed by atoms with Crippen LogP contribution in [0.25, 0.3) is 0 Å². The number of anilines is 1. The van der Waals surface area contributed by atoms with E-state index in [-0.39, 0.29) is 0 Å². The fraction of sp³-hybridized carbons (Fsp3) is 0.417. The van der Waals surface area contributed by atoms with Gasteiger partial charge in [-0.15, -0.1) is 0 Å². The Morgan fingerprint density at radius 1 is 1.21 bits per heavy atom. The molecule has 0 atom stereocenters. The fourth-order valence-corrected chi connectivity index (χ4v) is 1.47. The van der Waals surface area contributed by atoms with Crippen LogP contribution < -0.4 is 4.90 Å². The summed E-state index contributed by atoms with van der Waals surface area (Å²) in [6, 6.07) is 7.98. The molecule has 2 heteroatoms. The molecule has 0 aromatic heterocycles. The van der Waals surface area contributed by atoms with E-state index in [1.54, 1.807) is 0 Å². The topological polar surface area (TPSA) is 20.3 Å². The number of nitrogens with zero attached hydrogens (tertiary/aromatic N) is 1. The molecule has 76 valence electrons. The Bertz CT molecular complexity index is 329. The monoisotopic (exact) mass is 191 g/mol. The predicted molar refractivity (Wildman–Crippen MR) is 59.9 cm³/mol. The van der Waals surface area contributed by atoms with Gasteiger partial charge in [0, 0.05) is 25.2 Å². The molecule has 0 spiro atoms. The molecule has 1 aromatic carbocycles. The van der Waals surface area contributed by atoms with Crippen LogP contribution in [-0.4, -0.2) is 20.4 Å². The molecule has 0 aliphatic carbocycles. The summed E-state index contributed by atoms with van der Waals surface area (Å²) in [5.74, 6) is 0. The Kier molecular flexibility index (Phi) is 2.94. The van der Waals surface area contributed by atoms with Crippen molar-refractivity contribution in [1.29, 1.82) is 0 Å². The van der Waals surface area contributed by atoms with Crippen molar-refractivity contribution in [3.63, 3.8) is 0 Å². The highest BCUT2D eigenvalue weighted by Crippen LogP contribution is 2.29. The van der Waals surface area contributed by atoms with Crippen molar-refractivity contribution in [2.45, 2.75) is 19.3 Å². The van der Waals surface area contributed by atoms with Crippen LogP contribution in [0.1, 0.15) is 19.4 Å². The lowest BCUT2D eigenvalue weighted by Gasteiger charge is -2.25. The minimum Gasteiger partial charge on any atom is -0.377 e. The normalized spacial score (nSPS) is 11.1. The average molecular weight is 191 g/mol. The number of carbonyl (C=O) groups excluding carboxylic acids is 1. The third-order valence-electron chi connectivity index (χ3n) is 2.37. The molecular weight excluding hydrogens is 174 g/mol. The van der Waals surface area contributed by atoms with Gasteiger partial charge >= 0.3 is 0 Å². The van der Waals surface area contributed by atoms with Gasteiger partial charge in [0.15, 0.2) is 0 Å². The molecule has 0 aliphatic heterocycles. The van der Waals surface area contributed by atoms with Crippen molar-refractivity contribution in [2.24, 2.45) is 0 Å². The summed E-state index contributed by atoms with van der Waals surface area (Å²) in [6.45, 7) is 3.87. The van der Waals surface area contributed by atoms with Crippen molar-refractivity contribution in [1.82, 2.24) is 0 Å². The number of hydrogen-bond donors (Lipinski definition) is 0.